The fraction of sp³-hybridized carbons (Fsp3) is 0.600. The second-order valence-electron chi connectivity index (χ2n) is 2.52. The lowest BCUT2D eigenvalue weighted by molar-refractivity contribution is -0.139. The summed E-state index contributed by atoms with van der Waals surface area (Å²) in [4.78, 5) is 20.4. The standard InChI is InChI=1S/C5H9NO7S/c6-4(5(9)10)2(1-3(7)8)14(11,12)13/h2,4H,1,6H2,(H,7,8)(H,9,10)(H,11,12,13)/t2-,4+/m1/s1. The summed E-state index contributed by atoms with van der Waals surface area (Å²) in [6, 6.07) is -1.97. The van der Waals surface area contributed by atoms with Crippen LogP contribution in [-0.2, 0) is 19.7 Å². The van der Waals surface area contributed by atoms with Gasteiger partial charge in [0.05, 0.1) is 6.42 Å². The maximum absolute atomic E-state index is 10.6. The van der Waals surface area contributed by atoms with E-state index in [2.05, 4.69) is 0 Å². The Morgan fingerprint density at radius 1 is 1.29 bits per heavy atom. The van der Waals surface area contributed by atoms with E-state index in [4.69, 9.17) is 20.5 Å². The molecule has 9 heteroatoms. The minimum absolute atomic E-state index is 1.06. The third kappa shape index (κ3) is 3.68. The fourth-order valence-corrected chi connectivity index (χ4v) is 1.59. The lowest BCUT2D eigenvalue weighted by Gasteiger charge is -2.15. The topological polar surface area (TPSA) is 155 Å². The molecule has 0 aliphatic heterocycles. The molecule has 0 fully saturated rings. The second kappa shape index (κ2) is 4.35. The van der Waals surface area contributed by atoms with Crippen LogP contribution < -0.4 is 5.73 Å². The molecule has 0 saturated heterocycles. The lowest BCUT2D eigenvalue weighted by Crippen LogP contribution is -2.47. The van der Waals surface area contributed by atoms with Crippen LogP contribution in [0.4, 0.5) is 0 Å². The summed E-state index contributed by atoms with van der Waals surface area (Å²) in [5.41, 5.74) is 4.89. The molecule has 0 aromatic heterocycles. The number of hydrogen-bond acceptors (Lipinski definition) is 5. The van der Waals surface area contributed by atoms with E-state index in [9.17, 15) is 18.0 Å². The predicted octanol–water partition coefficient (Wildman–Crippen LogP) is -1.87. The van der Waals surface area contributed by atoms with Gasteiger partial charge in [0.1, 0.15) is 11.3 Å². The monoisotopic (exact) mass is 227 g/mol. The van der Waals surface area contributed by atoms with Crippen LogP contribution in [0.5, 0.6) is 0 Å². The predicted molar refractivity (Wildman–Crippen MR) is 43.2 cm³/mol. The lowest BCUT2D eigenvalue weighted by atomic mass is 10.1. The third-order valence-electron chi connectivity index (χ3n) is 1.44. The van der Waals surface area contributed by atoms with Gasteiger partial charge in [0.25, 0.3) is 10.1 Å². The van der Waals surface area contributed by atoms with Crippen LogP contribution >= 0.6 is 0 Å². The molecule has 0 amide bonds. The molecule has 0 rings (SSSR count). The average molecular weight is 227 g/mol. The Labute approximate surface area is 79.1 Å². The Hall–Kier alpha value is -1.19. The molecule has 0 radical (unpaired) electrons. The molecule has 0 aromatic carbocycles. The molecule has 5 N–H and O–H groups in total. The molecule has 0 bridgehead atoms. The van der Waals surface area contributed by atoms with E-state index in [1.54, 1.807) is 0 Å². The number of carboxylic acids is 2. The molecule has 14 heavy (non-hydrogen) atoms. The highest BCUT2D eigenvalue weighted by Gasteiger charge is 2.36. The highest BCUT2D eigenvalue weighted by atomic mass is 32.2. The van der Waals surface area contributed by atoms with Crippen LogP contribution in [0.1, 0.15) is 6.42 Å². The Morgan fingerprint density at radius 3 is 1.93 bits per heavy atom. The Kier molecular flexibility index (Phi) is 3.98. The van der Waals surface area contributed by atoms with E-state index in [-0.39, 0.29) is 0 Å². The zero-order valence-electron chi connectivity index (χ0n) is 6.82. The van der Waals surface area contributed by atoms with E-state index in [0.29, 0.717) is 0 Å². The van der Waals surface area contributed by atoms with Gasteiger partial charge < -0.3 is 15.9 Å². The average Bonchev–Trinajstić information content (AvgIpc) is 1.96. The minimum atomic E-state index is -4.79. The van der Waals surface area contributed by atoms with E-state index in [1.807, 2.05) is 0 Å². The molecule has 0 aliphatic rings. The zero-order chi connectivity index (χ0) is 11.5. The van der Waals surface area contributed by atoms with E-state index in [1.165, 1.54) is 0 Å². The number of aliphatic carboxylic acids is 2. The largest absolute Gasteiger partial charge is 0.481 e. The van der Waals surface area contributed by atoms with Crippen molar-refractivity contribution in [3.8, 4) is 0 Å². The van der Waals surface area contributed by atoms with Gasteiger partial charge in [0.2, 0.25) is 0 Å². The van der Waals surface area contributed by atoms with Crippen LogP contribution in [0.15, 0.2) is 0 Å². The van der Waals surface area contributed by atoms with Gasteiger partial charge in [0.15, 0.2) is 0 Å². The molecule has 0 saturated carbocycles. The Balaban J connectivity index is 4.92. The van der Waals surface area contributed by atoms with Crippen molar-refractivity contribution in [3.63, 3.8) is 0 Å². The summed E-state index contributed by atoms with van der Waals surface area (Å²) in [7, 11) is -4.79. The second-order valence-corrected chi connectivity index (χ2v) is 4.15. The summed E-state index contributed by atoms with van der Waals surface area (Å²) < 4.78 is 29.6. The normalized spacial score (nSPS) is 15.9. The highest BCUT2D eigenvalue weighted by Crippen LogP contribution is 2.08. The van der Waals surface area contributed by atoms with Gasteiger partial charge in [-0.05, 0) is 0 Å². The highest BCUT2D eigenvalue weighted by molar-refractivity contribution is 7.86. The quantitative estimate of drug-likeness (QED) is 0.398. The zero-order valence-corrected chi connectivity index (χ0v) is 7.64. The molecule has 0 aromatic rings. The van der Waals surface area contributed by atoms with E-state index in [0.717, 1.165) is 0 Å². The molecule has 82 valence electrons. The Bertz CT molecular complexity index is 334. The summed E-state index contributed by atoms with van der Waals surface area (Å²) in [6.07, 6.45) is -1.06. The number of hydrogen-bond donors (Lipinski definition) is 4. The van der Waals surface area contributed by atoms with Crippen molar-refractivity contribution in [1.29, 1.82) is 0 Å². The van der Waals surface area contributed by atoms with Gasteiger partial charge in [-0.25, -0.2) is 0 Å². The molecular weight excluding hydrogens is 218 g/mol. The van der Waals surface area contributed by atoms with Crippen molar-refractivity contribution >= 4 is 22.1 Å². The van der Waals surface area contributed by atoms with Crippen molar-refractivity contribution in [1.82, 2.24) is 0 Å². The smallest absolute Gasteiger partial charge is 0.321 e. The van der Waals surface area contributed by atoms with Crippen LogP contribution in [0.25, 0.3) is 0 Å². The minimum Gasteiger partial charge on any atom is -0.481 e. The summed E-state index contributed by atoms with van der Waals surface area (Å²) >= 11 is 0. The number of nitrogens with two attached hydrogens (primary N) is 1. The molecule has 0 heterocycles. The van der Waals surface area contributed by atoms with Crippen molar-refractivity contribution in [3.05, 3.63) is 0 Å². The van der Waals surface area contributed by atoms with E-state index >= 15 is 0 Å². The van der Waals surface area contributed by atoms with Gasteiger partial charge in [0, 0.05) is 0 Å². The summed E-state index contributed by atoms with van der Waals surface area (Å²) in [6.45, 7) is 0. The van der Waals surface area contributed by atoms with Gasteiger partial charge in [-0.15, -0.1) is 0 Å². The van der Waals surface area contributed by atoms with Crippen LogP contribution in [0, 0.1) is 0 Å². The SMILES string of the molecule is N[C@H](C(=O)O)[C@@H](CC(=O)O)S(=O)(=O)O. The van der Waals surface area contributed by atoms with Crippen molar-refractivity contribution in [2.24, 2.45) is 5.73 Å². The maximum atomic E-state index is 10.6. The van der Waals surface area contributed by atoms with Crippen LogP contribution in [0.3, 0.4) is 0 Å². The molecule has 2 atom stereocenters. The first-order valence-corrected chi connectivity index (χ1v) is 4.83. The van der Waals surface area contributed by atoms with E-state index < -0.39 is 39.8 Å². The maximum Gasteiger partial charge on any atom is 0.321 e. The molecule has 0 spiro atoms. The summed E-state index contributed by atoms with van der Waals surface area (Å²) in [5.74, 6) is -3.27. The Morgan fingerprint density at radius 2 is 1.71 bits per heavy atom. The van der Waals surface area contributed by atoms with Gasteiger partial charge >= 0.3 is 11.9 Å². The van der Waals surface area contributed by atoms with Crippen molar-refractivity contribution in [2.75, 3.05) is 0 Å². The first-order chi connectivity index (χ1) is 6.16. The molecular formula is C5H9NO7S. The molecule has 8 nitrogen and oxygen atoms in total. The summed E-state index contributed by atoms with van der Waals surface area (Å²) in [5, 5.41) is 14.5. The number of carbonyl (C=O) groups is 2. The van der Waals surface area contributed by atoms with Crippen molar-refractivity contribution < 1.29 is 32.8 Å². The van der Waals surface area contributed by atoms with Gasteiger partial charge in [-0.1, -0.05) is 0 Å². The van der Waals surface area contributed by atoms with Crippen LogP contribution in [0.2, 0.25) is 0 Å². The molecule has 0 unspecified atom stereocenters. The van der Waals surface area contributed by atoms with Crippen LogP contribution in [-0.4, -0.2) is 46.4 Å². The van der Waals surface area contributed by atoms with Gasteiger partial charge in [-0.2, -0.15) is 8.42 Å². The number of carboxylic acid groups (broad SMARTS) is 2. The third-order valence-corrected chi connectivity index (χ3v) is 2.67. The first-order valence-electron chi connectivity index (χ1n) is 3.32. The number of rotatable bonds is 5. The fourth-order valence-electron chi connectivity index (χ4n) is 0.749. The van der Waals surface area contributed by atoms with Crippen molar-refractivity contribution in [2.45, 2.75) is 17.7 Å². The first kappa shape index (κ1) is 12.8. The van der Waals surface area contributed by atoms with Gasteiger partial charge in [-0.3, -0.25) is 14.1 Å². The molecule has 0 aliphatic carbocycles.